The minimum atomic E-state index is -1.29. The fraction of sp³-hybridized carbons (Fsp3) is 0.324. The van der Waals surface area contributed by atoms with Crippen molar-refractivity contribution in [2.24, 2.45) is 0 Å². The van der Waals surface area contributed by atoms with Gasteiger partial charge >= 0.3 is 5.69 Å². The molecule has 0 radical (unpaired) electrons. The Bertz CT molecular complexity index is 1630. The standard InChI is InChI=1S/C34H38N4O8/c1-21-18-38(33(41)37-31(21)35)32-30(44-20-28(39)36-2)29(40)27(46-32)19-45-34(22-8-6-5-7-9-22,23-10-14-25(42-3)15-11-23)24-12-16-26(43-4)17-13-24/h5-18,27,29-30,32,40H,19-20H2,1-4H3,(H,36,39)(H2,35,37,41)/t27-,29-,30-,32-/m1/s1. The van der Waals surface area contributed by atoms with Crippen LogP contribution in [0.5, 0.6) is 11.5 Å². The monoisotopic (exact) mass is 630 g/mol. The Hall–Kier alpha value is -4.75. The van der Waals surface area contributed by atoms with Crippen molar-refractivity contribution in [3.63, 3.8) is 0 Å². The van der Waals surface area contributed by atoms with Gasteiger partial charge in [0.05, 0.1) is 20.8 Å². The van der Waals surface area contributed by atoms with E-state index in [4.69, 9.17) is 29.4 Å². The van der Waals surface area contributed by atoms with Gasteiger partial charge in [0.1, 0.15) is 47.8 Å². The van der Waals surface area contributed by atoms with Gasteiger partial charge in [-0.2, -0.15) is 4.98 Å². The van der Waals surface area contributed by atoms with Gasteiger partial charge in [0.25, 0.3) is 0 Å². The van der Waals surface area contributed by atoms with Crippen LogP contribution in [0.1, 0.15) is 28.5 Å². The van der Waals surface area contributed by atoms with E-state index in [9.17, 15) is 14.7 Å². The second-order valence-corrected chi connectivity index (χ2v) is 10.8. The summed E-state index contributed by atoms with van der Waals surface area (Å²) in [7, 11) is 4.67. The van der Waals surface area contributed by atoms with Gasteiger partial charge in [-0.25, -0.2) is 4.79 Å². The molecule has 1 saturated heterocycles. The number of aryl methyl sites for hydroxylation is 1. The highest BCUT2D eigenvalue weighted by Gasteiger charge is 2.48. The molecule has 4 atom stereocenters. The van der Waals surface area contributed by atoms with Crippen LogP contribution in [0.4, 0.5) is 5.82 Å². The number of nitrogen functional groups attached to an aromatic ring is 1. The number of benzene rings is 3. The van der Waals surface area contributed by atoms with Gasteiger partial charge in [0.15, 0.2) is 6.23 Å². The summed E-state index contributed by atoms with van der Waals surface area (Å²) in [6.07, 6.45) is -3.02. The lowest BCUT2D eigenvalue weighted by Gasteiger charge is -2.37. The summed E-state index contributed by atoms with van der Waals surface area (Å²) in [4.78, 5) is 28.9. The molecule has 46 heavy (non-hydrogen) atoms. The Morgan fingerprint density at radius 2 is 1.54 bits per heavy atom. The summed E-state index contributed by atoms with van der Waals surface area (Å²) in [6, 6.07) is 24.7. The molecule has 1 aromatic heterocycles. The second-order valence-electron chi connectivity index (χ2n) is 10.8. The average molecular weight is 631 g/mol. The predicted octanol–water partition coefficient (Wildman–Crippen LogP) is 2.55. The van der Waals surface area contributed by atoms with E-state index < -0.39 is 41.7 Å². The van der Waals surface area contributed by atoms with Crippen LogP contribution in [-0.2, 0) is 24.6 Å². The third-order valence-electron chi connectivity index (χ3n) is 8.08. The van der Waals surface area contributed by atoms with E-state index in [0.29, 0.717) is 17.1 Å². The van der Waals surface area contributed by atoms with Gasteiger partial charge in [0, 0.05) is 18.8 Å². The molecule has 1 aliphatic rings. The van der Waals surface area contributed by atoms with Crippen LogP contribution in [0.3, 0.4) is 0 Å². The number of rotatable bonds is 12. The smallest absolute Gasteiger partial charge is 0.351 e. The first-order chi connectivity index (χ1) is 22.2. The van der Waals surface area contributed by atoms with Crippen LogP contribution >= 0.6 is 0 Å². The highest BCUT2D eigenvalue weighted by Crippen LogP contribution is 2.43. The first-order valence-corrected chi connectivity index (χ1v) is 14.7. The van der Waals surface area contributed by atoms with Crippen LogP contribution < -0.4 is 26.2 Å². The number of methoxy groups -OCH3 is 2. The van der Waals surface area contributed by atoms with Crippen LogP contribution in [0.2, 0.25) is 0 Å². The van der Waals surface area contributed by atoms with Gasteiger partial charge < -0.3 is 39.8 Å². The molecule has 1 aliphatic heterocycles. The largest absolute Gasteiger partial charge is 0.497 e. The lowest BCUT2D eigenvalue weighted by atomic mass is 9.80. The highest BCUT2D eigenvalue weighted by molar-refractivity contribution is 5.76. The van der Waals surface area contributed by atoms with Crippen molar-refractivity contribution in [3.05, 3.63) is 118 Å². The van der Waals surface area contributed by atoms with E-state index in [2.05, 4.69) is 10.3 Å². The molecule has 12 nitrogen and oxygen atoms in total. The molecule has 0 aliphatic carbocycles. The van der Waals surface area contributed by atoms with Crippen LogP contribution in [0.25, 0.3) is 0 Å². The number of aromatic nitrogens is 2. The fourth-order valence-electron chi connectivity index (χ4n) is 5.55. The molecule has 0 bridgehead atoms. The summed E-state index contributed by atoms with van der Waals surface area (Å²) in [5.74, 6) is 1.01. The summed E-state index contributed by atoms with van der Waals surface area (Å²) in [6.45, 7) is 1.19. The molecule has 3 aromatic carbocycles. The van der Waals surface area contributed by atoms with E-state index in [1.54, 1.807) is 21.1 Å². The lowest BCUT2D eigenvalue weighted by Crippen LogP contribution is -2.41. The number of hydrogen-bond acceptors (Lipinski definition) is 10. The molecule has 4 aromatic rings. The molecule has 1 amide bonds. The zero-order valence-corrected chi connectivity index (χ0v) is 26.1. The molecule has 2 heterocycles. The SMILES string of the molecule is CNC(=O)CO[C@@H]1[C@H](O)[C@@H](COC(c2ccccc2)(c2ccc(OC)cc2)c2ccc(OC)cc2)O[C@H]1n1cc(C)c(N)nc1=O. The molecule has 1 fully saturated rings. The number of ether oxygens (including phenoxy) is 5. The molecule has 242 valence electrons. The maximum absolute atomic E-state index is 12.9. The lowest BCUT2D eigenvalue weighted by molar-refractivity contribution is -0.132. The minimum Gasteiger partial charge on any atom is -0.497 e. The van der Waals surface area contributed by atoms with E-state index in [1.165, 1.54) is 17.8 Å². The zero-order chi connectivity index (χ0) is 32.8. The van der Waals surface area contributed by atoms with E-state index >= 15 is 0 Å². The first kappa shape index (κ1) is 32.6. The number of amides is 1. The quantitative estimate of drug-likeness (QED) is 0.199. The van der Waals surface area contributed by atoms with Crippen molar-refractivity contribution in [3.8, 4) is 11.5 Å². The summed E-state index contributed by atoms with van der Waals surface area (Å²) in [5.41, 5.74) is 6.91. The van der Waals surface area contributed by atoms with Crippen LogP contribution in [-0.4, -0.2) is 73.4 Å². The maximum Gasteiger partial charge on any atom is 0.351 e. The molecule has 12 heteroatoms. The predicted molar refractivity (Wildman–Crippen MR) is 170 cm³/mol. The first-order valence-electron chi connectivity index (χ1n) is 14.7. The van der Waals surface area contributed by atoms with Crippen LogP contribution in [0.15, 0.2) is 89.9 Å². The number of nitrogens with zero attached hydrogens (tertiary/aromatic N) is 2. The number of nitrogens with one attached hydrogen (secondary N) is 1. The molecule has 5 rings (SSSR count). The van der Waals surface area contributed by atoms with E-state index in [0.717, 1.165) is 16.7 Å². The van der Waals surface area contributed by atoms with Crippen molar-refractivity contribution in [2.75, 3.05) is 40.2 Å². The normalized spacial score (nSPS) is 19.5. The Labute approximate surface area is 266 Å². The number of carbonyl (C=O) groups excluding carboxylic acids is 1. The highest BCUT2D eigenvalue weighted by atomic mass is 16.6. The maximum atomic E-state index is 12.9. The van der Waals surface area contributed by atoms with Gasteiger partial charge in [-0.15, -0.1) is 0 Å². The number of hydrogen-bond donors (Lipinski definition) is 3. The molecule has 0 unspecified atom stereocenters. The summed E-state index contributed by atoms with van der Waals surface area (Å²) < 4.78 is 31.1. The zero-order valence-electron chi connectivity index (χ0n) is 26.1. The van der Waals surface area contributed by atoms with Gasteiger partial charge in [-0.3, -0.25) is 9.36 Å². The Morgan fingerprint density at radius 1 is 0.978 bits per heavy atom. The number of anilines is 1. The third kappa shape index (κ3) is 6.46. The van der Waals surface area contributed by atoms with Crippen molar-refractivity contribution in [1.82, 2.24) is 14.9 Å². The van der Waals surface area contributed by atoms with Crippen molar-refractivity contribution >= 4 is 11.7 Å². The number of aliphatic hydroxyl groups excluding tert-OH is 1. The molecular formula is C34H38N4O8. The van der Waals surface area contributed by atoms with E-state index in [1.807, 2.05) is 78.9 Å². The van der Waals surface area contributed by atoms with Gasteiger partial charge in [-0.05, 0) is 47.9 Å². The van der Waals surface area contributed by atoms with Crippen LogP contribution in [0, 0.1) is 6.92 Å². The van der Waals surface area contributed by atoms with Gasteiger partial charge in [-0.1, -0.05) is 54.6 Å². The van der Waals surface area contributed by atoms with Crippen molar-refractivity contribution in [2.45, 2.75) is 37.1 Å². The van der Waals surface area contributed by atoms with Crippen molar-refractivity contribution < 1.29 is 33.6 Å². The molecule has 4 N–H and O–H groups in total. The Kier molecular flexibility index (Phi) is 10.0. The number of aliphatic hydroxyl groups is 1. The number of nitrogens with two attached hydrogens (primary N) is 1. The minimum absolute atomic E-state index is 0.0779. The second kappa shape index (κ2) is 14.1. The number of carbonyl (C=O) groups is 1. The molecular weight excluding hydrogens is 592 g/mol. The molecule has 0 spiro atoms. The Balaban J connectivity index is 1.57. The molecule has 0 saturated carbocycles. The Morgan fingerprint density at radius 3 is 2.09 bits per heavy atom. The van der Waals surface area contributed by atoms with E-state index in [-0.39, 0.29) is 19.0 Å². The summed E-state index contributed by atoms with van der Waals surface area (Å²) in [5, 5.41) is 14.1. The fourth-order valence-corrected chi connectivity index (χ4v) is 5.55. The number of likely N-dealkylation sites (N-methyl/N-ethyl adjacent to an activating group) is 1. The van der Waals surface area contributed by atoms with Gasteiger partial charge in [0.2, 0.25) is 5.91 Å². The van der Waals surface area contributed by atoms with Crippen molar-refractivity contribution in [1.29, 1.82) is 0 Å². The average Bonchev–Trinajstić information content (AvgIpc) is 3.40. The topological polar surface area (TPSA) is 156 Å². The third-order valence-corrected chi connectivity index (χ3v) is 8.08. The summed E-state index contributed by atoms with van der Waals surface area (Å²) >= 11 is 0.